The first-order chi connectivity index (χ1) is 16.8. The number of Topliss-reactive ketones (excluding diaryl/α,β-unsaturated/α-hetero) is 1. The number of hydrogen-bond acceptors (Lipinski definition) is 7. The van der Waals surface area contributed by atoms with Crippen molar-refractivity contribution in [3.63, 3.8) is 0 Å². The van der Waals surface area contributed by atoms with Gasteiger partial charge in [-0.1, -0.05) is 24.3 Å². The van der Waals surface area contributed by atoms with Crippen molar-refractivity contribution in [2.75, 3.05) is 6.61 Å². The highest BCUT2D eigenvalue weighted by molar-refractivity contribution is 6.06. The second kappa shape index (κ2) is 8.10. The van der Waals surface area contributed by atoms with Crippen molar-refractivity contribution in [2.24, 2.45) is 41.4 Å². The van der Waals surface area contributed by atoms with Gasteiger partial charge in [-0.05, 0) is 55.8 Å². The zero-order valence-electron chi connectivity index (χ0n) is 19.1. The van der Waals surface area contributed by atoms with E-state index in [1.807, 2.05) is 0 Å². The quantitative estimate of drug-likeness (QED) is 0.154. The number of ether oxygens (including phenoxy) is 1. The van der Waals surface area contributed by atoms with Gasteiger partial charge in [0.1, 0.15) is 0 Å². The molecule has 1 aromatic rings. The van der Waals surface area contributed by atoms with Crippen LogP contribution < -0.4 is 0 Å². The first kappa shape index (κ1) is 22.1. The van der Waals surface area contributed by atoms with E-state index >= 15 is 0 Å². The molecule has 35 heavy (non-hydrogen) atoms. The van der Waals surface area contributed by atoms with E-state index in [1.54, 1.807) is 0 Å². The van der Waals surface area contributed by atoms with Gasteiger partial charge in [0.25, 0.3) is 5.69 Å². The Morgan fingerprint density at radius 1 is 1.00 bits per heavy atom. The van der Waals surface area contributed by atoms with Crippen LogP contribution in [-0.2, 0) is 19.1 Å². The van der Waals surface area contributed by atoms with Gasteiger partial charge >= 0.3 is 5.97 Å². The van der Waals surface area contributed by atoms with Crippen LogP contribution >= 0.6 is 0 Å². The summed E-state index contributed by atoms with van der Waals surface area (Å²) < 4.78 is 5.22. The molecule has 6 atom stereocenters. The molecule has 0 N–H and O–H groups in total. The molecule has 0 unspecified atom stereocenters. The number of carbonyl (C=O) groups is 4. The average molecular weight is 479 g/mol. The van der Waals surface area contributed by atoms with E-state index in [9.17, 15) is 29.3 Å². The number of amides is 2. The monoisotopic (exact) mass is 478 g/mol. The van der Waals surface area contributed by atoms with Crippen LogP contribution in [0.2, 0.25) is 0 Å². The fourth-order valence-corrected chi connectivity index (χ4v) is 7.04. The van der Waals surface area contributed by atoms with Crippen molar-refractivity contribution in [3.05, 3.63) is 52.1 Å². The Hall–Kier alpha value is -3.36. The minimum absolute atomic E-state index is 0.0294. The number of non-ortho nitro benzene ring substituents is 1. The van der Waals surface area contributed by atoms with Crippen LogP contribution in [0.4, 0.5) is 5.69 Å². The van der Waals surface area contributed by atoms with Crippen molar-refractivity contribution in [2.45, 2.75) is 38.1 Å². The number of ketones is 1. The summed E-state index contributed by atoms with van der Waals surface area (Å²) in [6.45, 7) is -0.482. The van der Waals surface area contributed by atoms with Gasteiger partial charge in [0.15, 0.2) is 6.61 Å². The van der Waals surface area contributed by atoms with E-state index in [0.29, 0.717) is 37.5 Å². The number of allylic oxidation sites excluding steroid dienone is 2. The van der Waals surface area contributed by atoms with E-state index in [1.165, 1.54) is 23.1 Å². The summed E-state index contributed by atoms with van der Waals surface area (Å²) in [6.07, 6.45) is 7.52. The molecule has 5 aliphatic carbocycles. The number of nitrogens with zero attached hydrogens (tertiary/aromatic N) is 2. The summed E-state index contributed by atoms with van der Waals surface area (Å²) in [4.78, 5) is 63.3. The molecule has 6 aliphatic rings. The minimum Gasteiger partial charge on any atom is -0.457 e. The molecule has 4 fully saturated rings. The Balaban J connectivity index is 1.03. The Labute approximate surface area is 201 Å². The maximum Gasteiger partial charge on any atom is 0.309 e. The summed E-state index contributed by atoms with van der Waals surface area (Å²) >= 11 is 0. The van der Waals surface area contributed by atoms with Crippen molar-refractivity contribution < 1.29 is 28.8 Å². The first-order valence-electron chi connectivity index (χ1n) is 12.3. The SMILES string of the molecule is O=C(COC(=O)C1CCC(N2C(=O)[C@@H]3[C@H]4C=C[C@@H]([C@@H]5C[C@@H]45)[C@@H]3C2=O)CC1)c1cccc([N+](=O)[O-])c1. The first-order valence-corrected chi connectivity index (χ1v) is 12.3. The molecule has 2 bridgehead atoms. The molecule has 3 saturated carbocycles. The molecule has 7 rings (SSSR count). The second-order valence-electron chi connectivity index (χ2n) is 10.5. The van der Waals surface area contributed by atoms with Crippen LogP contribution in [0.3, 0.4) is 0 Å². The molecule has 1 heterocycles. The van der Waals surface area contributed by atoms with E-state index in [0.717, 1.165) is 12.5 Å². The Morgan fingerprint density at radius 2 is 1.63 bits per heavy atom. The number of nitro groups is 1. The molecule has 1 aromatic carbocycles. The second-order valence-corrected chi connectivity index (χ2v) is 10.5. The number of nitro benzene ring substituents is 1. The van der Waals surface area contributed by atoms with Crippen molar-refractivity contribution >= 4 is 29.3 Å². The highest BCUT2D eigenvalue weighted by Crippen LogP contribution is 2.65. The van der Waals surface area contributed by atoms with E-state index in [2.05, 4.69) is 12.2 Å². The van der Waals surface area contributed by atoms with Gasteiger partial charge < -0.3 is 4.74 Å². The summed E-state index contributed by atoms with van der Waals surface area (Å²) in [7, 11) is 0. The highest BCUT2D eigenvalue weighted by Gasteiger charge is 2.67. The maximum atomic E-state index is 13.3. The average Bonchev–Trinajstić information content (AvgIpc) is 3.65. The van der Waals surface area contributed by atoms with Crippen molar-refractivity contribution in [1.82, 2.24) is 4.90 Å². The highest BCUT2D eigenvalue weighted by atomic mass is 16.6. The zero-order chi connectivity index (χ0) is 24.4. The molecular weight excluding hydrogens is 452 g/mol. The van der Waals surface area contributed by atoms with E-state index < -0.39 is 29.2 Å². The molecule has 1 aliphatic heterocycles. The smallest absolute Gasteiger partial charge is 0.309 e. The van der Waals surface area contributed by atoms with Gasteiger partial charge in [0.05, 0.1) is 22.7 Å². The predicted octanol–water partition coefficient (Wildman–Crippen LogP) is 2.93. The summed E-state index contributed by atoms with van der Waals surface area (Å²) in [5.41, 5.74) is -0.0866. The van der Waals surface area contributed by atoms with Crippen LogP contribution in [0.15, 0.2) is 36.4 Å². The predicted molar refractivity (Wildman–Crippen MR) is 121 cm³/mol. The summed E-state index contributed by atoms with van der Waals surface area (Å²) in [6, 6.07) is 5.12. The molecular formula is C26H26N2O7. The fourth-order valence-electron chi connectivity index (χ4n) is 7.04. The Bertz CT molecular complexity index is 1130. The lowest BCUT2D eigenvalue weighted by atomic mass is 9.63. The zero-order valence-corrected chi connectivity index (χ0v) is 19.1. The van der Waals surface area contributed by atoms with Gasteiger partial charge in [-0.3, -0.25) is 34.2 Å². The van der Waals surface area contributed by atoms with E-state index in [4.69, 9.17) is 4.74 Å². The largest absolute Gasteiger partial charge is 0.457 e. The Kier molecular flexibility index (Phi) is 5.12. The van der Waals surface area contributed by atoms with Crippen LogP contribution in [0.1, 0.15) is 42.5 Å². The van der Waals surface area contributed by atoms with Crippen molar-refractivity contribution in [3.8, 4) is 0 Å². The minimum atomic E-state index is -0.587. The number of benzene rings is 1. The molecule has 0 radical (unpaired) electrons. The van der Waals surface area contributed by atoms with Gasteiger partial charge in [0.2, 0.25) is 17.6 Å². The molecule has 9 nitrogen and oxygen atoms in total. The number of likely N-dealkylation sites (tertiary alicyclic amines) is 1. The molecule has 9 heteroatoms. The molecule has 0 aromatic heterocycles. The van der Waals surface area contributed by atoms with Gasteiger partial charge in [-0.25, -0.2) is 0 Å². The number of imide groups is 1. The van der Waals surface area contributed by atoms with Crippen LogP contribution in [0.25, 0.3) is 0 Å². The third-order valence-corrected chi connectivity index (χ3v) is 8.82. The lowest BCUT2D eigenvalue weighted by Crippen LogP contribution is -2.44. The van der Waals surface area contributed by atoms with E-state index in [-0.39, 0.29) is 52.8 Å². The fraction of sp³-hybridized carbons (Fsp3) is 0.538. The third kappa shape index (κ3) is 3.51. The number of carbonyl (C=O) groups excluding carboxylic acids is 4. The summed E-state index contributed by atoms with van der Waals surface area (Å²) in [5, 5.41) is 10.9. The normalized spacial score (nSPS) is 36.5. The lowest BCUT2D eigenvalue weighted by Gasteiger charge is -2.37. The van der Waals surface area contributed by atoms with Crippen LogP contribution in [-0.4, -0.2) is 46.0 Å². The van der Waals surface area contributed by atoms with Crippen LogP contribution in [0, 0.1) is 51.5 Å². The van der Waals surface area contributed by atoms with Gasteiger partial charge in [-0.15, -0.1) is 0 Å². The van der Waals surface area contributed by atoms with Crippen LogP contribution in [0.5, 0.6) is 0 Å². The summed E-state index contributed by atoms with van der Waals surface area (Å²) in [5.74, 6) is -0.326. The maximum absolute atomic E-state index is 13.3. The van der Waals surface area contributed by atoms with Gasteiger partial charge in [0, 0.05) is 23.7 Å². The molecule has 182 valence electrons. The molecule has 0 spiro atoms. The number of esters is 1. The molecule has 2 amide bonds. The van der Waals surface area contributed by atoms with Gasteiger partial charge in [-0.2, -0.15) is 0 Å². The third-order valence-electron chi connectivity index (χ3n) is 8.82. The standard InChI is InChI=1S/C26H26N2O7/c29-21(14-2-1-3-16(10-14)28(33)34)12-35-26(32)13-4-6-15(7-5-13)27-24(30)22-17-8-9-18(20-11-19(17)20)23(22)25(27)31/h1-3,8-10,13,15,17-20,22-23H,4-7,11-12H2/t13?,15?,17-,18-,19-,20-,22-,23+/m0/s1. The Morgan fingerprint density at radius 3 is 2.23 bits per heavy atom. The molecule has 1 saturated heterocycles. The number of rotatable bonds is 6. The number of hydrogen-bond donors (Lipinski definition) is 0. The lowest BCUT2D eigenvalue weighted by molar-refractivity contribution is -0.384. The van der Waals surface area contributed by atoms with Crippen molar-refractivity contribution in [1.29, 1.82) is 0 Å². The topological polar surface area (TPSA) is 124 Å².